The molecule has 4 nitrogen and oxygen atoms in total. The first kappa shape index (κ1) is 17.6. The van der Waals surface area contributed by atoms with Crippen LogP contribution in [0.1, 0.15) is 0 Å². The third-order valence-corrected chi connectivity index (χ3v) is 5.21. The van der Waals surface area contributed by atoms with Gasteiger partial charge in [-0.3, -0.25) is 4.72 Å². The van der Waals surface area contributed by atoms with Crippen LogP contribution in [0, 0.1) is 0 Å². The van der Waals surface area contributed by atoms with E-state index in [1.807, 2.05) is 0 Å². The first-order chi connectivity index (χ1) is 12.0. The van der Waals surface area contributed by atoms with Gasteiger partial charge in [0.2, 0.25) is 0 Å². The Morgan fingerprint density at radius 3 is 2.20 bits per heavy atom. The Labute approximate surface area is 156 Å². The predicted octanol–water partition coefficient (Wildman–Crippen LogP) is 5.59. The Morgan fingerprint density at radius 1 is 0.800 bits per heavy atom. The number of hydrogen-bond donors (Lipinski definition) is 1. The van der Waals surface area contributed by atoms with Crippen LogP contribution in [0.3, 0.4) is 0 Å². The minimum atomic E-state index is -3.73. The molecule has 0 fully saturated rings. The van der Waals surface area contributed by atoms with Gasteiger partial charge < -0.3 is 4.74 Å². The van der Waals surface area contributed by atoms with Crippen molar-refractivity contribution < 1.29 is 13.2 Å². The monoisotopic (exact) mass is 393 g/mol. The molecule has 0 aliphatic carbocycles. The second-order valence-electron chi connectivity index (χ2n) is 5.09. The summed E-state index contributed by atoms with van der Waals surface area (Å²) >= 11 is 12.0. The van der Waals surface area contributed by atoms with Crippen LogP contribution < -0.4 is 9.46 Å². The second-order valence-corrected chi connectivity index (χ2v) is 7.62. The third-order valence-electron chi connectivity index (χ3n) is 3.30. The van der Waals surface area contributed by atoms with Crippen molar-refractivity contribution in [3.63, 3.8) is 0 Å². The molecule has 128 valence electrons. The molecule has 0 heterocycles. The second kappa shape index (κ2) is 7.35. The summed E-state index contributed by atoms with van der Waals surface area (Å²) in [6, 6.07) is 19.6. The topological polar surface area (TPSA) is 55.4 Å². The Hall–Kier alpha value is -2.21. The molecule has 3 rings (SSSR count). The summed E-state index contributed by atoms with van der Waals surface area (Å²) in [5.41, 5.74) is 0.303. The summed E-state index contributed by atoms with van der Waals surface area (Å²) in [6.45, 7) is 0. The number of nitrogens with one attached hydrogen (secondary N) is 1. The van der Waals surface area contributed by atoms with E-state index in [1.54, 1.807) is 60.7 Å². The Bertz CT molecular complexity index is 992. The summed E-state index contributed by atoms with van der Waals surface area (Å²) in [5.74, 6) is 0.698. The summed E-state index contributed by atoms with van der Waals surface area (Å²) in [6.07, 6.45) is 0. The van der Waals surface area contributed by atoms with Crippen LogP contribution in [-0.2, 0) is 10.0 Å². The van der Waals surface area contributed by atoms with E-state index in [4.69, 9.17) is 27.9 Å². The Kier molecular flexibility index (Phi) is 5.18. The number of benzene rings is 3. The molecule has 0 aromatic heterocycles. The zero-order chi connectivity index (χ0) is 17.9. The maximum Gasteiger partial charge on any atom is 0.262 e. The molecule has 0 aliphatic rings. The predicted molar refractivity (Wildman–Crippen MR) is 100 cm³/mol. The molecule has 25 heavy (non-hydrogen) atoms. The standard InChI is InChI=1S/C18H13Cl2NO3S/c19-13-10-11-17(15(20)12-13)24-18-9-5-4-8-16(18)21-25(22,23)14-6-2-1-3-7-14/h1-12,21H. The van der Waals surface area contributed by atoms with Crippen molar-refractivity contribution in [2.45, 2.75) is 4.90 Å². The fourth-order valence-electron chi connectivity index (χ4n) is 2.12. The van der Waals surface area contributed by atoms with Gasteiger partial charge in [-0.15, -0.1) is 0 Å². The van der Waals surface area contributed by atoms with Crippen molar-refractivity contribution in [1.29, 1.82) is 0 Å². The van der Waals surface area contributed by atoms with E-state index in [9.17, 15) is 8.42 Å². The Morgan fingerprint density at radius 2 is 1.48 bits per heavy atom. The molecular weight excluding hydrogens is 381 g/mol. The molecule has 0 saturated carbocycles. The summed E-state index contributed by atoms with van der Waals surface area (Å²) < 4.78 is 33.3. The largest absolute Gasteiger partial charge is 0.454 e. The van der Waals surface area contributed by atoms with Crippen LogP contribution in [0.15, 0.2) is 77.7 Å². The lowest BCUT2D eigenvalue weighted by Gasteiger charge is -2.14. The molecule has 3 aromatic carbocycles. The molecule has 0 radical (unpaired) electrons. The molecule has 0 amide bonds. The number of hydrogen-bond acceptors (Lipinski definition) is 3. The molecule has 0 saturated heterocycles. The van der Waals surface area contributed by atoms with E-state index in [1.165, 1.54) is 12.1 Å². The average Bonchev–Trinajstić information content (AvgIpc) is 2.59. The van der Waals surface area contributed by atoms with Gasteiger partial charge in [-0.2, -0.15) is 0 Å². The molecule has 0 atom stereocenters. The van der Waals surface area contributed by atoms with E-state index in [0.717, 1.165) is 0 Å². The number of para-hydroxylation sites is 2. The van der Waals surface area contributed by atoms with Gasteiger partial charge in [0.15, 0.2) is 5.75 Å². The summed E-state index contributed by atoms with van der Waals surface area (Å²) in [7, 11) is -3.73. The van der Waals surface area contributed by atoms with Gasteiger partial charge in [0.1, 0.15) is 5.75 Å². The van der Waals surface area contributed by atoms with Gasteiger partial charge in [0.25, 0.3) is 10.0 Å². The van der Waals surface area contributed by atoms with Crippen molar-refractivity contribution in [2.24, 2.45) is 0 Å². The van der Waals surface area contributed by atoms with E-state index in [-0.39, 0.29) is 4.90 Å². The quantitative estimate of drug-likeness (QED) is 0.614. The zero-order valence-corrected chi connectivity index (χ0v) is 15.1. The van der Waals surface area contributed by atoms with Crippen LogP contribution in [0.2, 0.25) is 10.0 Å². The highest BCUT2D eigenvalue weighted by Gasteiger charge is 2.16. The Balaban J connectivity index is 1.91. The number of ether oxygens (including phenoxy) is 1. The zero-order valence-electron chi connectivity index (χ0n) is 12.8. The maximum absolute atomic E-state index is 12.5. The number of rotatable bonds is 5. The molecule has 0 unspecified atom stereocenters. The first-order valence-corrected chi connectivity index (χ1v) is 9.49. The number of halogens is 2. The fraction of sp³-hybridized carbons (Fsp3) is 0. The van der Waals surface area contributed by atoms with Crippen molar-refractivity contribution in [2.75, 3.05) is 4.72 Å². The smallest absolute Gasteiger partial charge is 0.262 e. The van der Waals surface area contributed by atoms with Crippen molar-refractivity contribution in [3.8, 4) is 11.5 Å². The molecule has 7 heteroatoms. The van der Waals surface area contributed by atoms with E-state index >= 15 is 0 Å². The van der Waals surface area contributed by atoms with Crippen LogP contribution in [0.25, 0.3) is 0 Å². The average molecular weight is 394 g/mol. The minimum absolute atomic E-state index is 0.161. The van der Waals surface area contributed by atoms with Gasteiger partial charge >= 0.3 is 0 Å². The lowest BCUT2D eigenvalue weighted by atomic mass is 10.3. The van der Waals surface area contributed by atoms with Crippen LogP contribution in [0.5, 0.6) is 11.5 Å². The third kappa shape index (κ3) is 4.25. The van der Waals surface area contributed by atoms with Gasteiger partial charge in [-0.25, -0.2) is 8.42 Å². The molecule has 0 bridgehead atoms. The van der Waals surface area contributed by atoms with Crippen LogP contribution in [-0.4, -0.2) is 8.42 Å². The van der Waals surface area contributed by atoms with Crippen molar-refractivity contribution in [1.82, 2.24) is 0 Å². The lowest BCUT2D eigenvalue weighted by molar-refractivity contribution is 0.485. The van der Waals surface area contributed by atoms with Gasteiger partial charge in [0.05, 0.1) is 15.6 Å². The maximum atomic E-state index is 12.5. The molecule has 3 aromatic rings. The molecule has 1 N–H and O–H groups in total. The van der Waals surface area contributed by atoms with Crippen LogP contribution >= 0.6 is 23.2 Å². The fourth-order valence-corrected chi connectivity index (χ4v) is 3.66. The lowest BCUT2D eigenvalue weighted by Crippen LogP contribution is -2.13. The van der Waals surface area contributed by atoms with Gasteiger partial charge in [-0.1, -0.05) is 53.5 Å². The first-order valence-electron chi connectivity index (χ1n) is 7.25. The van der Waals surface area contributed by atoms with Crippen LogP contribution in [0.4, 0.5) is 5.69 Å². The normalized spacial score (nSPS) is 11.1. The minimum Gasteiger partial charge on any atom is -0.454 e. The van der Waals surface area contributed by atoms with E-state index in [2.05, 4.69) is 4.72 Å². The SMILES string of the molecule is O=S(=O)(Nc1ccccc1Oc1ccc(Cl)cc1Cl)c1ccccc1. The van der Waals surface area contributed by atoms with Gasteiger partial charge in [-0.05, 0) is 42.5 Å². The summed E-state index contributed by atoms with van der Waals surface area (Å²) in [5, 5.41) is 0.809. The van der Waals surface area contributed by atoms with Crippen molar-refractivity contribution in [3.05, 3.63) is 82.8 Å². The highest BCUT2D eigenvalue weighted by Crippen LogP contribution is 2.35. The van der Waals surface area contributed by atoms with Crippen molar-refractivity contribution >= 4 is 38.9 Å². The summed E-state index contributed by atoms with van der Waals surface area (Å²) in [4.78, 5) is 0.161. The molecule has 0 spiro atoms. The van der Waals surface area contributed by atoms with E-state index in [0.29, 0.717) is 27.2 Å². The van der Waals surface area contributed by atoms with Gasteiger partial charge in [0, 0.05) is 5.02 Å². The number of anilines is 1. The molecule has 0 aliphatic heterocycles. The molecular formula is C18H13Cl2NO3S. The van der Waals surface area contributed by atoms with E-state index < -0.39 is 10.0 Å². The highest BCUT2D eigenvalue weighted by atomic mass is 35.5. The number of sulfonamides is 1. The highest BCUT2D eigenvalue weighted by molar-refractivity contribution is 7.92.